The van der Waals surface area contributed by atoms with Gasteiger partial charge >= 0.3 is 5.97 Å². The van der Waals surface area contributed by atoms with Crippen molar-refractivity contribution in [1.29, 1.82) is 0 Å². The van der Waals surface area contributed by atoms with E-state index in [9.17, 15) is 4.79 Å². The Kier molecular flexibility index (Phi) is 7.15. The van der Waals surface area contributed by atoms with Gasteiger partial charge in [0.25, 0.3) is 0 Å². The van der Waals surface area contributed by atoms with Crippen LogP contribution >= 0.6 is 11.8 Å². The van der Waals surface area contributed by atoms with E-state index in [0.717, 1.165) is 42.1 Å². The molecule has 0 fully saturated rings. The molecule has 1 aliphatic carbocycles. The van der Waals surface area contributed by atoms with Gasteiger partial charge < -0.3 is 14.2 Å². The lowest BCUT2D eigenvalue weighted by molar-refractivity contribution is -0.142. The zero-order valence-corrected chi connectivity index (χ0v) is 18.5. The molecule has 160 valence electrons. The molecule has 0 atom stereocenters. The minimum absolute atomic E-state index is 0.0475. The summed E-state index contributed by atoms with van der Waals surface area (Å²) in [4.78, 5) is 12.7. The van der Waals surface area contributed by atoms with Gasteiger partial charge in [-0.2, -0.15) is 0 Å². The fourth-order valence-corrected chi connectivity index (χ4v) is 4.77. The molecule has 0 saturated carbocycles. The monoisotopic (exact) mass is 434 g/mol. The highest BCUT2D eigenvalue weighted by Crippen LogP contribution is 2.38. The molecule has 3 aromatic carbocycles. The van der Waals surface area contributed by atoms with Gasteiger partial charge in [0.1, 0.15) is 18.1 Å². The molecule has 1 aliphatic rings. The molecule has 0 amide bonds. The van der Waals surface area contributed by atoms with E-state index >= 15 is 0 Å². The number of rotatable bonds is 9. The molecular formula is C26H26O4S. The van der Waals surface area contributed by atoms with Gasteiger partial charge in [0, 0.05) is 10.6 Å². The molecule has 5 heteroatoms. The molecular weight excluding hydrogens is 408 g/mol. The lowest BCUT2D eigenvalue weighted by Crippen LogP contribution is -2.13. The molecule has 0 radical (unpaired) electrons. The number of ether oxygens (including phenoxy) is 3. The number of benzene rings is 3. The lowest BCUT2D eigenvalue weighted by Gasteiger charge is -2.14. The van der Waals surface area contributed by atoms with E-state index in [0.29, 0.717) is 6.61 Å². The Labute approximate surface area is 187 Å². The average Bonchev–Trinajstić information content (AvgIpc) is 3.32. The van der Waals surface area contributed by atoms with E-state index in [1.807, 2.05) is 48.2 Å². The Morgan fingerprint density at radius 2 is 1.65 bits per heavy atom. The second-order valence-electron chi connectivity index (χ2n) is 7.44. The third-order valence-electron chi connectivity index (χ3n) is 5.34. The number of thioether (sulfide) groups is 1. The van der Waals surface area contributed by atoms with Crippen LogP contribution in [-0.4, -0.2) is 19.7 Å². The first-order chi connectivity index (χ1) is 15.2. The highest BCUT2D eigenvalue weighted by atomic mass is 32.2. The fraction of sp³-hybridized carbons (Fsp3) is 0.269. The number of methoxy groups -OCH3 is 1. The number of carbonyl (C=O) groups is 1. The molecule has 0 unspecified atom stereocenters. The molecule has 0 bridgehead atoms. The predicted octanol–water partition coefficient (Wildman–Crippen LogP) is 5.60. The summed E-state index contributed by atoms with van der Waals surface area (Å²) < 4.78 is 16.2. The number of carbonyl (C=O) groups excluding carboxylic acids is 1. The molecule has 0 saturated heterocycles. The average molecular weight is 435 g/mol. The van der Waals surface area contributed by atoms with Crippen LogP contribution in [0.4, 0.5) is 0 Å². The predicted molar refractivity (Wildman–Crippen MR) is 123 cm³/mol. The van der Waals surface area contributed by atoms with Crippen LogP contribution in [0.5, 0.6) is 11.5 Å². The molecule has 0 aromatic heterocycles. The normalized spacial score (nSPS) is 12.3. The Bertz CT molecular complexity index is 1020. The minimum Gasteiger partial charge on any atom is -0.489 e. The van der Waals surface area contributed by atoms with Crippen LogP contribution in [0, 0.1) is 0 Å². The van der Waals surface area contributed by atoms with Crippen molar-refractivity contribution in [2.24, 2.45) is 0 Å². The van der Waals surface area contributed by atoms with Crippen LogP contribution in [0.2, 0.25) is 0 Å². The van der Waals surface area contributed by atoms with Crippen molar-refractivity contribution in [3.8, 4) is 11.5 Å². The van der Waals surface area contributed by atoms with Crippen LogP contribution in [0.25, 0.3) is 0 Å². The first-order valence-corrected chi connectivity index (χ1v) is 11.4. The van der Waals surface area contributed by atoms with Gasteiger partial charge in [-0.3, -0.25) is 0 Å². The molecule has 3 aromatic rings. The maximum atomic E-state index is 11.4. The third-order valence-corrected chi connectivity index (χ3v) is 6.51. The summed E-state index contributed by atoms with van der Waals surface area (Å²) in [5, 5.41) is 0. The van der Waals surface area contributed by atoms with Crippen molar-refractivity contribution in [2.45, 2.75) is 36.5 Å². The van der Waals surface area contributed by atoms with E-state index in [1.165, 1.54) is 28.7 Å². The van der Waals surface area contributed by atoms with Crippen LogP contribution in [0.3, 0.4) is 0 Å². The van der Waals surface area contributed by atoms with Gasteiger partial charge in [-0.15, -0.1) is 11.8 Å². The summed E-state index contributed by atoms with van der Waals surface area (Å²) in [6, 6.07) is 22.6. The van der Waals surface area contributed by atoms with Crippen LogP contribution < -0.4 is 9.47 Å². The maximum absolute atomic E-state index is 11.4. The summed E-state index contributed by atoms with van der Waals surface area (Å²) in [6.45, 7) is 0.527. The first kappa shape index (κ1) is 21.3. The quantitative estimate of drug-likeness (QED) is 0.324. The van der Waals surface area contributed by atoms with Crippen LogP contribution in [0.15, 0.2) is 71.6 Å². The Hall–Kier alpha value is -2.92. The minimum atomic E-state index is -0.360. The van der Waals surface area contributed by atoms with Crippen LogP contribution in [0.1, 0.15) is 28.7 Å². The Morgan fingerprint density at radius 1 is 0.871 bits per heavy atom. The number of hydrogen-bond donors (Lipinski definition) is 0. The SMILES string of the molecule is COC(=O)COc1ccc(SCc2ccc(OCc3ccccc3)cc2)c2c1CCC2. The Morgan fingerprint density at radius 3 is 2.42 bits per heavy atom. The molecule has 4 nitrogen and oxygen atoms in total. The summed E-state index contributed by atoms with van der Waals surface area (Å²) >= 11 is 1.84. The van der Waals surface area contributed by atoms with E-state index in [1.54, 1.807) is 0 Å². The smallest absolute Gasteiger partial charge is 0.343 e. The first-order valence-electron chi connectivity index (χ1n) is 10.5. The van der Waals surface area contributed by atoms with Gasteiger partial charge in [0.15, 0.2) is 6.61 Å². The zero-order chi connectivity index (χ0) is 21.5. The summed E-state index contributed by atoms with van der Waals surface area (Å²) in [5.41, 5.74) is 5.01. The summed E-state index contributed by atoms with van der Waals surface area (Å²) in [7, 11) is 1.37. The van der Waals surface area contributed by atoms with E-state index < -0.39 is 0 Å². The van der Waals surface area contributed by atoms with Gasteiger partial charge in [0.05, 0.1) is 7.11 Å². The second-order valence-corrected chi connectivity index (χ2v) is 8.46. The highest BCUT2D eigenvalue weighted by molar-refractivity contribution is 7.98. The highest BCUT2D eigenvalue weighted by Gasteiger charge is 2.20. The largest absolute Gasteiger partial charge is 0.489 e. The van der Waals surface area contributed by atoms with Crippen molar-refractivity contribution in [2.75, 3.05) is 13.7 Å². The van der Waals surface area contributed by atoms with E-state index in [2.05, 4.69) is 35.1 Å². The van der Waals surface area contributed by atoms with Crippen molar-refractivity contribution in [3.63, 3.8) is 0 Å². The third kappa shape index (κ3) is 5.61. The van der Waals surface area contributed by atoms with Gasteiger partial charge in [-0.05, 0) is 65.8 Å². The fourth-order valence-electron chi connectivity index (χ4n) is 3.69. The molecule has 0 aliphatic heterocycles. The number of fused-ring (bicyclic) bond motifs is 1. The van der Waals surface area contributed by atoms with Crippen molar-refractivity contribution in [1.82, 2.24) is 0 Å². The van der Waals surface area contributed by atoms with Crippen molar-refractivity contribution >= 4 is 17.7 Å². The number of esters is 1. The van der Waals surface area contributed by atoms with E-state index in [-0.39, 0.29) is 12.6 Å². The summed E-state index contributed by atoms with van der Waals surface area (Å²) in [6.07, 6.45) is 3.17. The van der Waals surface area contributed by atoms with Crippen molar-refractivity contribution < 1.29 is 19.0 Å². The molecule has 4 rings (SSSR count). The van der Waals surface area contributed by atoms with Gasteiger partial charge in [-0.25, -0.2) is 4.79 Å². The lowest BCUT2D eigenvalue weighted by atomic mass is 10.1. The Balaban J connectivity index is 1.34. The summed E-state index contributed by atoms with van der Waals surface area (Å²) in [5.74, 6) is 2.22. The molecule has 31 heavy (non-hydrogen) atoms. The van der Waals surface area contributed by atoms with E-state index in [4.69, 9.17) is 9.47 Å². The zero-order valence-electron chi connectivity index (χ0n) is 17.6. The van der Waals surface area contributed by atoms with Gasteiger partial charge in [-0.1, -0.05) is 42.5 Å². The van der Waals surface area contributed by atoms with Crippen molar-refractivity contribution in [3.05, 3.63) is 89.0 Å². The van der Waals surface area contributed by atoms with Crippen LogP contribution in [-0.2, 0) is 34.7 Å². The maximum Gasteiger partial charge on any atom is 0.343 e. The topological polar surface area (TPSA) is 44.8 Å². The molecule has 0 spiro atoms. The van der Waals surface area contributed by atoms with Gasteiger partial charge in [0.2, 0.25) is 0 Å². The molecule has 0 heterocycles. The second kappa shape index (κ2) is 10.4. The molecule has 0 N–H and O–H groups in total. The number of hydrogen-bond acceptors (Lipinski definition) is 5. The standard InChI is InChI=1S/C26H26O4S/c1-28-26(27)17-30-24-14-15-25(23-9-5-8-22(23)24)31-18-20-10-12-21(13-11-20)29-16-19-6-3-2-4-7-19/h2-4,6-7,10-15H,5,8-9,16-18H2,1H3.